The van der Waals surface area contributed by atoms with E-state index in [-0.39, 0.29) is 17.9 Å². The van der Waals surface area contributed by atoms with E-state index in [0.717, 1.165) is 0 Å². The Hall–Kier alpha value is -2.11. The van der Waals surface area contributed by atoms with Crippen molar-refractivity contribution in [2.24, 2.45) is 5.92 Å². The molecule has 1 aliphatic rings. The Morgan fingerprint density at radius 3 is 2.71 bits per heavy atom. The standard InChI is InChI=1S/C15H19FN2O3/c1-2-21-14(19)11-6-8-18(9-7-11)15(20)17-13-5-3-4-12(16)10-13/h3-5,10-11H,2,6-9H2,1H3,(H,17,20). The van der Waals surface area contributed by atoms with Crippen LogP contribution < -0.4 is 5.32 Å². The first kappa shape index (κ1) is 15.3. The smallest absolute Gasteiger partial charge is 0.321 e. The molecule has 114 valence electrons. The lowest BCUT2D eigenvalue weighted by molar-refractivity contribution is -0.149. The molecule has 1 saturated heterocycles. The summed E-state index contributed by atoms with van der Waals surface area (Å²) in [4.78, 5) is 25.3. The maximum atomic E-state index is 13.1. The lowest BCUT2D eigenvalue weighted by Crippen LogP contribution is -2.42. The first-order valence-electron chi connectivity index (χ1n) is 7.08. The number of nitrogens with zero attached hydrogens (tertiary/aromatic N) is 1. The summed E-state index contributed by atoms with van der Waals surface area (Å²) in [5.74, 6) is -0.723. The molecule has 0 atom stereocenters. The third-order valence-corrected chi connectivity index (χ3v) is 3.48. The van der Waals surface area contributed by atoms with E-state index < -0.39 is 5.82 Å². The molecule has 1 aromatic carbocycles. The summed E-state index contributed by atoms with van der Waals surface area (Å²) < 4.78 is 18.0. The topological polar surface area (TPSA) is 58.6 Å². The predicted octanol–water partition coefficient (Wildman–Crippen LogP) is 2.63. The Bertz CT molecular complexity index is 513. The number of nitrogens with one attached hydrogen (secondary N) is 1. The minimum Gasteiger partial charge on any atom is -0.466 e. The minimum absolute atomic E-state index is 0.136. The molecule has 0 aromatic heterocycles. The molecule has 0 saturated carbocycles. The average molecular weight is 294 g/mol. The predicted molar refractivity (Wildman–Crippen MR) is 76.3 cm³/mol. The zero-order valence-corrected chi connectivity index (χ0v) is 12.0. The zero-order valence-electron chi connectivity index (χ0n) is 12.0. The van der Waals surface area contributed by atoms with Gasteiger partial charge in [0.15, 0.2) is 0 Å². The molecule has 6 heteroatoms. The SMILES string of the molecule is CCOC(=O)C1CCN(C(=O)Nc2cccc(F)c2)CC1. The molecule has 1 N–H and O–H groups in total. The number of carbonyl (C=O) groups excluding carboxylic acids is 2. The van der Waals surface area contributed by atoms with Crippen LogP contribution in [0.2, 0.25) is 0 Å². The van der Waals surface area contributed by atoms with Crippen molar-refractivity contribution in [1.29, 1.82) is 0 Å². The average Bonchev–Trinajstić information content (AvgIpc) is 2.47. The van der Waals surface area contributed by atoms with Crippen molar-refractivity contribution in [3.63, 3.8) is 0 Å². The van der Waals surface area contributed by atoms with Gasteiger partial charge in [0, 0.05) is 18.8 Å². The van der Waals surface area contributed by atoms with Crippen LogP contribution in [0.4, 0.5) is 14.9 Å². The number of rotatable bonds is 3. The van der Waals surface area contributed by atoms with Crippen molar-refractivity contribution in [3.8, 4) is 0 Å². The van der Waals surface area contributed by atoms with Gasteiger partial charge in [-0.3, -0.25) is 4.79 Å². The number of halogens is 1. The lowest BCUT2D eigenvalue weighted by Gasteiger charge is -2.30. The Labute approximate surface area is 123 Å². The van der Waals surface area contributed by atoms with Crippen molar-refractivity contribution in [2.45, 2.75) is 19.8 Å². The molecule has 0 radical (unpaired) electrons. The van der Waals surface area contributed by atoms with Gasteiger partial charge in [0.05, 0.1) is 12.5 Å². The fourth-order valence-electron chi connectivity index (χ4n) is 2.35. The third-order valence-electron chi connectivity index (χ3n) is 3.48. The molecule has 1 heterocycles. The van der Waals surface area contributed by atoms with Crippen LogP contribution in [0.25, 0.3) is 0 Å². The van der Waals surface area contributed by atoms with Crippen LogP contribution in [0.5, 0.6) is 0 Å². The molecule has 0 bridgehead atoms. The van der Waals surface area contributed by atoms with Crippen LogP contribution in [0.3, 0.4) is 0 Å². The van der Waals surface area contributed by atoms with Gasteiger partial charge in [-0.1, -0.05) is 6.07 Å². The second kappa shape index (κ2) is 7.06. The van der Waals surface area contributed by atoms with Crippen LogP contribution in [-0.2, 0) is 9.53 Å². The van der Waals surface area contributed by atoms with Crippen molar-refractivity contribution in [3.05, 3.63) is 30.1 Å². The molecule has 1 fully saturated rings. The van der Waals surface area contributed by atoms with Gasteiger partial charge in [-0.25, -0.2) is 9.18 Å². The van der Waals surface area contributed by atoms with Crippen LogP contribution in [0, 0.1) is 11.7 Å². The molecule has 1 aromatic rings. The molecule has 0 unspecified atom stereocenters. The third kappa shape index (κ3) is 4.18. The molecule has 0 spiro atoms. The van der Waals surface area contributed by atoms with E-state index in [0.29, 0.717) is 38.2 Å². The number of hydrogen-bond donors (Lipinski definition) is 1. The zero-order chi connectivity index (χ0) is 15.2. The highest BCUT2D eigenvalue weighted by Crippen LogP contribution is 2.19. The molecule has 1 aliphatic heterocycles. The molecule has 5 nitrogen and oxygen atoms in total. The van der Waals surface area contributed by atoms with Gasteiger partial charge in [-0.15, -0.1) is 0 Å². The van der Waals surface area contributed by atoms with E-state index in [4.69, 9.17) is 4.74 Å². The van der Waals surface area contributed by atoms with Crippen LogP contribution in [0.1, 0.15) is 19.8 Å². The van der Waals surface area contributed by atoms with Crippen LogP contribution in [-0.4, -0.2) is 36.6 Å². The second-order valence-electron chi connectivity index (χ2n) is 4.95. The van der Waals surface area contributed by atoms with Crippen molar-refractivity contribution >= 4 is 17.7 Å². The van der Waals surface area contributed by atoms with Gasteiger partial charge in [0.25, 0.3) is 0 Å². The van der Waals surface area contributed by atoms with E-state index in [9.17, 15) is 14.0 Å². The van der Waals surface area contributed by atoms with Gasteiger partial charge in [0.1, 0.15) is 5.82 Å². The number of benzene rings is 1. The van der Waals surface area contributed by atoms with E-state index in [1.165, 1.54) is 18.2 Å². The Balaban J connectivity index is 1.84. The van der Waals surface area contributed by atoms with Gasteiger partial charge in [-0.2, -0.15) is 0 Å². The summed E-state index contributed by atoms with van der Waals surface area (Å²) in [5, 5.41) is 2.65. The highest BCUT2D eigenvalue weighted by atomic mass is 19.1. The van der Waals surface area contributed by atoms with E-state index in [1.807, 2.05) is 0 Å². The first-order valence-corrected chi connectivity index (χ1v) is 7.08. The number of urea groups is 1. The maximum absolute atomic E-state index is 13.1. The summed E-state index contributed by atoms with van der Waals surface area (Å²) in [6.07, 6.45) is 1.19. The van der Waals surface area contributed by atoms with E-state index in [2.05, 4.69) is 5.32 Å². The largest absolute Gasteiger partial charge is 0.466 e. The fourth-order valence-corrected chi connectivity index (χ4v) is 2.35. The van der Waals surface area contributed by atoms with Crippen molar-refractivity contribution < 1.29 is 18.7 Å². The van der Waals surface area contributed by atoms with Crippen molar-refractivity contribution in [1.82, 2.24) is 4.90 Å². The fraction of sp³-hybridized carbons (Fsp3) is 0.467. The summed E-state index contributed by atoms with van der Waals surface area (Å²) >= 11 is 0. The number of hydrogen-bond acceptors (Lipinski definition) is 3. The van der Waals surface area contributed by atoms with Gasteiger partial charge in [0.2, 0.25) is 0 Å². The summed E-state index contributed by atoms with van der Waals surface area (Å²) in [6.45, 7) is 3.13. The number of piperidine rings is 1. The molecular weight excluding hydrogens is 275 g/mol. The summed E-state index contributed by atoms with van der Waals surface area (Å²) in [7, 11) is 0. The number of esters is 1. The van der Waals surface area contributed by atoms with E-state index in [1.54, 1.807) is 17.9 Å². The quantitative estimate of drug-likeness (QED) is 0.872. The number of ether oxygens (including phenoxy) is 1. The Morgan fingerprint density at radius 2 is 2.10 bits per heavy atom. The molecule has 2 rings (SSSR count). The van der Waals surface area contributed by atoms with Gasteiger partial charge in [-0.05, 0) is 38.0 Å². The normalized spacial score (nSPS) is 15.6. The highest BCUT2D eigenvalue weighted by molar-refractivity contribution is 5.89. The number of anilines is 1. The van der Waals surface area contributed by atoms with Gasteiger partial charge < -0.3 is 15.0 Å². The first-order chi connectivity index (χ1) is 10.1. The van der Waals surface area contributed by atoms with Crippen LogP contribution in [0.15, 0.2) is 24.3 Å². The number of carbonyl (C=O) groups is 2. The molecular formula is C15H19FN2O3. The lowest BCUT2D eigenvalue weighted by atomic mass is 9.97. The van der Waals surface area contributed by atoms with Crippen molar-refractivity contribution in [2.75, 3.05) is 25.0 Å². The highest BCUT2D eigenvalue weighted by Gasteiger charge is 2.28. The Morgan fingerprint density at radius 1 is 1.38 bits per heavy atom. The van der Waals surface area contributed by atoms with Crippen LogP contribution >= 0.6 is 0 Å². The summed E-state index contributed by atoms with van der Waals surface area (Å²) in [5.41, 5.74) is 0.424. The van der Waals surface area contributed by atoms with E-state index >= 15 is 0 Å². The van der Waals surface area contributed by atoms with Gasteiger partial charge >= 0.3 is 12.0 Å². The second-order valence-corrected chi connectivity index (χ2v) is 4.95. The summed E-state index contributed by atoms with van der Waals surface area (Å²) in [6, 6.07) is 5.48. The number of likely N-dealkylation sites (tertiary alicyclic amines) is 1. The number of amides is 2. The molecule has 21 heavy (non-hydrogen) atoms. The molecule has 0 aliphatic carbocycles. The minimum atomic E-state index is -0.395. The maximum Gasteiger partial charge on any atom is 0.321 e. The Kier molecular flexibility index (Phi) is 5.14. The monoisotopic (exact) mass is 294 g/mol. The molecule has 2 amide bonds.